The Labute approximate surface area is 281 Å². The van der Waals surface area contributed by atoms with Crippen molar-refractivity contribution in [3.8, 4) is 0 Å². The van der Waals surface area contributed by atoms with Gasteiger partial charge in [-0.3, -0.25) is 0 Å². The molecule has 0 bridgehead atoms. The van der Waals surface area contributed by atoms with Crippen molar-refractivity contribution in [3.63, 3.8) is 0 Å². The lowest BCUT2D eigenvalue weighted by Gasteiger charge is -2.36. The maximum atomic E-state index is 2.44. The second kappa shape index (κ2) is 10.4. The molecule has 0 nitrogen and oxygen atoms in total. The summed E-state index contributed by atoms with van der Waals surface area (Å²) in [5.41, 5.74) is 14.0. The minimum absolute atomic E-state index is 0.201. The van der Waals surface area contributed by atoms with Gasteiger partial charge in [0.25, 0.3) is 0 Å². The molecular weight excluding hydrogens is 577 g/mol. The van der Waals surface area contributed by atoms with Crippen LogP contribution in [0.25, 0.3) is 65.4 Å². The van der Waals surface area contributed by atoms with Crippen molar-refractivity contribution in [2.75, 3.05) is 0 Å². The van der Waals surface area contributed by atoms with E-state index in [1.165, 1.54) is 98.8 Å². The van der Waals surface area contributed by atoms with Gasteiger partial charge in [-0.2, -0.15) is 0 Å². The Bertz CT molecular complexity index is 2520. The molecule has 2 atom stereocenters. The van der Waals surface area contributed by atoms with Crippen LogP contribution in [-0.4, -0.2) is 0 Å². The van der Waals surface area contributed by atoms with Crippen LogP contribution in [0.2, 0.25) is 0 Å². The lowest BCUT2D eigenvalue weighted by Crippen LogP contribution is -2.17. The van der Waals surface area contributed by atoms with E-state index in [1.54, 1.807) is 0 Å². The summed E-state index contributed by atoms with van der Waals surface area (Å²) >= 11 is 0. The molecule has 0 heteroatoms. The van der Waals surface area contributed by atoms with Crippen LogP contribution in [0.3, 0.4) is 0 Å². The standard InChI is InChI=1S/C46H28.C2H6/c1-3-11-31-25-33(23-21-27(31)9-1)41-43-35-17-5-13-29-15-7-19-37(39(29)35)45(43)42(34-24-22-28-10-2-4-12-32(28)26-34)46-38-20-8-16-30-14-6-18-36(40(30)38)44(41)46;1-2/h1-26,43,45H;1-2H3. The summed E-state index contributed by atoms with van der Waals surface area (Å²) in [6.45, 7) is 4.00. The first-order valence-electron chi connectivity index (χ1n) is 17.3. The fourth-order valence-electron chi connectivity index (χ4n) is 9.18. The van der Waals surface area contributed by atoms with Gasteiger partial charge in [0.2, 0.25) is 0 Å². The molecule has 0 aromatic heterocycles. The molecule has 8 aromatic carbocycles. The third-order valence-electron chi connectivity index (χ3n) is 10.9. The summed E-state index contributed by atoms with van der Waals surface area (Å²) < 4.78 is 0. The Kier molecular flexibility index (Phi) is 5.93. The molecule has 8 aromatic rings. The molecule has 0 spiro atoms. The van der Waals surface area contributed by atoms with Crippen molar-refractivity contribution in [3.05, 3.63) is 191 Å². The average molecular weight is 611 g/mol. The summed E-state index contributed by atoms with van der Waals surface area (Å²) in [6.07, 6.45) is 0. The third kappa shape index (κ3) is 3.66. The van der Waals surface area contributed by atoms with Gasteiger partial charge in [0.1, 0.15) is 0 Å². The van der Waals surface area contributed by atoms with Crippen LogP contribution >= 0.6 is 0 Å². The van der Waals surface area contributed by atoms with E-state index in [1.807, 2.05) is 13.8 Å². The Morgan fingerprint density at radius 1 is 0.333 bits per heavy atom. The zero-order valence-electron chi connectivity index (χ0n) is 27.2. The van der Waals surface area contributed by atoms with Crippen molar-refractivity contribution < 1.29 is 0 Å². The first kappa shape index (κ1) is 27.4. The highest BCUT2D eigenvalue weighted by molar-refractivity contribution is 6.35. The lowest BCUT2D eigenvalue weighted by molar-refractivity contribution is 0.808. The molecule has 226 valence electrons. The largest absolute Gasteiger partial charge is 0.0683 e. The van der Waals surface area contributed by atoms with Crippen LogP contribution in [0.15, 0.2) is 158 Å². The normalized spacial score (nSPS) is 17.2. The number of allylic oxidation sites excluding steroid dienone is 4. The van der Waals surface area contributed by atoms with Gasteiger partial charge in [-0.25, -0.2) is 0 Å². The molecule has 0 radical (unpaired) electrons. The predicted molar refractivity (Wildman–Crippen MR) is 206 cm³/mol. The number of hydrogen-bond acceptors (Lipinski definition) is 0. The van der Waals surface area contributed by atoms with Crippen LogP contribution in [0, 0.1) is 0 Å². The second-order valence-corrected chi connectivity index (χ2v) is 13.2. The van der Waals surface area contributed by atoms with Crippen LogP contribution in [-0.2, 0) is 0 Å². The van der Waals surface area contributed by atoms with Gasteiger partial charge in [-0.15, -0.1) is 0 Å². The van der Waals surface area contributed by atoms with Crippen LogP contribution in [0.4, 0.5) is 0 Å². The fourth-order valence-corrected chi connectivity index (χ4v) is 9.18. The smallest absolute Gasteiger partial charge is 0.0218 e. The highest BCUT2D eigenvalue weighted by Crippen LogP contribution is 2.67. The number of fused-ring (bicyclic) bond motifs is 8. The monoisotopic (exact) mass is 610 g/mol. The van der Waals surface area contributed by atoms with Gasteiger partial charge in [0, 0.05) is 11.8 Å². The average Bonchev–Trinajstić information content (AvgIpc) is 3.67. The molecule has 0 aliphatic heterocycles. The maximum absolute atomic E-state index is 2.44. The molecule has 48 heavy (non-hydrogen) atoms. The van der Waals surface area contributed by atoms with E-state index in [0.29, 0.717) is 0 Å². The molecule has 0 fully saturated rings. The minimum Gasteiger partial charge on any atom is -0.0683 e. The van der Waals surface area contributed by atoms with E-state index in [4.69, 9.17) is 0 Å². The van der Waals surface area contributed by atoms with Crippen molar-refractivity contribution >= 4 is 65.4 Å². The Morgan fingerprint density at radius 2 is 0.729 bits per heavy atom. The molecule has 11 rings (SSSR count). The van der Waals surface area contributed by atoms with Crippen molar-refractivity contribution in [1.29, 1.82) is 0 Å². The SMILES string of the molecule is CC.c1ccc2cc(C3=C4C(=C(c5ccc6ccccc6c5)C5c6cccc7cccc(c67)C35)c3cccc5cccc4c35)ccc2c1. The molecular formula is C48H34. The number of hydrogen-bond donors (Lipinski definition) is 0. The molecule has 2 unspecified atom stereocenters. The summed E-state index contributed by atoms with van der Waals surface area (Å²) in [5, 5.41) is 10.6. The minimum atomic E-state index is 0.201. The second-order valence-electron chi connectivity index (χ2n) is 13.2. The first-order valence-corrected chi connectivity index (χ1v) is 17.3. The van der Waals surface area contributed by atoms with E-state index >= 15 is 0 Å². The van der Waals surface area contributed by atoms with Crippen LogP contribution < -0.4 is 0 Å². The maximum Gasteiger partial charge on any atom is 0.0218 e. The molecule has 0 amide bonds. The summed E-state index contributed by atoms with van der Waals surface area (Å²) in [5.74, 6) is 0.402. The van der Waals surface area contributed by atoms with Crippen LogP contribution in [0.1, 0.15) is 59.1 Å². The Hall–Kier alpha value is -5.72. The van der Waals surface area contributed by atoms with E-state index < -0.39 is 0 Å². The van der Waals surface area contributed by atoms with Gasteiger partial charge in [0.05, 0.1) is 0 Å². The number of benzene rings is 8. The molecule has 3 aliphatic carbocycles. The third-order valence-corrected chi connectivity index (χ3v) is 10.9. The molecule has 0 heterocycles. The van der Waals surface area contributed by atoms with Gasteiger partial charge in [-0.05, 0) is 111 Å². The quantitative estimate of drug-likeness (QED) is 0.183. The summed E-state index contributed by atoms with van der Waals surface area (Å²) in [6, 6.07) is 59.6. The highest BCUT2D eigenvalue weighted by Gasteiger charge is 2.47. The molecule has 3 aliphatic rings. The van der Waals surface area contributed by atoms with Crippen molar-refractivity contribution in [2.45, 2.75) is 25.7 Å². The van der Waals surface area contributed by atoms with E-state index in [9.17, 15) is 0 Å². The molecule has 0 saturated carbocycles. The van der Waals surface area contributed by atoms with E-state index in [-0.39, 0.29) is 11.8 Å². The van der Waals surface area contributed by atoms with Gasteiger partial charge in [-0.1, -0.05) is 159 Å². The van der Waals surface area contributed by atoms with Crippen molar-refractivity contribution in [1.82, 2.24) is 0 Å². The Morgan fingerprint density at radius 3 is 1.21 bits per heavy atom. The van der Waals surface area contributed by atoms with Gasteiger partial charge in [0.15, 0.2) is 0 Å². The molecule has 0 N–H and O–H groups in total. The lowest BCUT2D eigenvalue weighted by atomic mass is 9.66. The van der Waals surface area contributed by atoms with Crippen LogP contribution in [0.5, 0.6) is 0 Å². The summed E-state index contributed by atoms with van der Waals surface area (Å²) in [7, 11) is 0. The summed E-state index contributed by atoms with van der Waals surface area (Å²) in [4.78, 5) is 0. The molecule has 0 saturated heterocycles. The van der Waals surface area contributed by atoms with E-state index in [2.05, 4.69) is 158 Å². The zero-order chi connectivity index (χ0) is 31.9. The topological polar surface area (TPSA) is 0 Å². The first-order chi connectivity index (χ1) is 23.8. The van der Waals surface area contributed by atoms with Gasteiger partial charge < -0.3 is 0 Å². The highest BCUT2D eigenvalue weighted by atomic mass is 14.5. The van der Waals surface area contributed by atoms with Gasteiger partial charge >= 0.3 is 0 Å². The predicted octanol–water partition coefficient (Wildman–Crippen LogP) is 13.1. The van der Waals surface area contributed by atoms with Crippen molar-refractivity contribution in [2.24, 2.45) is 0 Å². The fraction of sp³-hybridized carbons (Fsp3) is 0.0833. The zero-order valence-corrected chi connectivity index (χ0v) is 27.2. The number of rotatable bonds is 2. The Balaban J connectivity index is 0.00000145. The van der Waals surface area contributed by atoms with E-state index in [0.717, 1.165) is 0 Å².